The second kappa shape index (κ2) is 5.05. The highest BCUT2D eigenvalue weighted by molar-refractivity contribution is 5.32. The van der Waals surface area contributed by atoms with E-state index in [0.717, 1.165) is 12.3 Å². The van der Waals surface area contributed by atoms with E-state index in [4.69, 9.17) is 0 Å². The number of rotatable bonds is 1. The lowest BCUT2D eigenvalue weighted by molar-refractivity contribution is 0.423. The predicted molar refractivity (Wildman–Crippen MR) is 54.5 cm³/mol. The van der Waals surface area contributed by atoms with Crippen LogP contribution in [0.3, 0.4) is 0 Å². The zero-order valence-electron chi connectivity index (χ0n) is 8.58. The first kappa shape index (κ1) is 12.2. The molecule has 1 saturated carbocycles. The smallest absolute Gasteiger partial charge is 0.111 e. The maximum absolute atomic E-state index is 9.19. The summed E-state index contributed by atoms with van der Waals surface area (Å²) in [5.41, 5.74) is 1.44. The molecular formula is C11H19FO. The summed E-state index contributed by atoms with van der Waals surface area (Å²) in [6.07, 6.45) is 6.26. The zero-order chi connectivity index (χ0) is 9.14. The summed E-state index contributed by atoms with van der Waals surface area (Å²) in [7, 11) is 0. The lowest BCUT2D eigenvalue weighted by Gasteiger charge is -2.06. The minimum absolute atomic E-state index is 0. The Morgan fingerprint density at radius 3 is 2.62 bits per heavy atom. The molecule has 1 nitrogen and oxygen atoms in total. The fourth-order valence-electron chi connectivity index (χ4n) is 1.75. The van der Waals surface area contributed by atoms with E-state index in [0.29, 0.717) is 11.7 Å². The molecule has 2 aliphatic carbocycles. The Kier molecular flexibility index (Phi) is 4.74. The van der Waals surface area contributed by atoms with Crippen LogP contribution in [0.25, 0.3) is 0 Å². The van der Waals surface area contributed by atoms with Crippen LogP contribution in [-0.4, -0.2) is 5.11 Å². The number of aliphatic hydroxyl groups is 1. The highest BCUT2D eigenvalue weighted by Gasteiger charge is 2.39. The third-order valence-corrected chi connectivity index (χ3v) is 2.44. The van der Waals surface area contributed by atoms with Crippen molar-refractivity contribution in [3.8, 4) is 0 Å². The summed E-state index contributed by atoms with van der Waals surface area (Å²) in [4.78, 5) is 0. The normalized spacial score (nSPS) is 28.2. The number of halogens is 1. The Morgan fingerprint density at radius 2 is 2.08 bits per heavy atom. The van der Waals surface area contributed by atoms with Crippen molar-refractivity contribution >= 4 is 0 Å². The summed E-state index contributed by atoms with van der Waals surface area (Å²) < 4.78 is 0. The van der Waals surface area contributed by atoms with Gasteiger partial charge in [-0.25, -0.2) is 0 Å². The minimum atomic E-state index is 0. The molecule has 1 N–H and O–H groups in total. The van der Waals surface area contributed by atoms with Crippen molar-refractivity contribution in [2.75, 3.05) is 0 Å². The Morgan fingerprint density at radius 1 is 1.46 bits per heavy atom. The maximum atomic E-state index is 9.19. The van der Waals surface area contributed by atoms with E-state index in [2.05, 4.69) is 6.92 Å². The van der Waals surface area contributed by atoms with Gasteiger partial charge in [0.05, 0.1) is 0 Å². The van der Waals surface area contributed by atoms with E-state index in [9.17, 15) is 5.11 Å². The largest absolute Gasteiger partial charge is 0.508 e. The summed E-state index contributed by atoms with van der Waals surface area (Å²) in [6.45, 7) is 6.15. The van der Waals surface area contributed by atoms with Gasteiger partial charge in [0.2, 0.25) is 0 Å². The third-order valence-electron chi connectivity index (χ3n) is 2.44. The van der Waals surface area contributed by atoms with Gasteiger partial charge in [-0.1, -0.05) is 26.3 Å². The van der Waals surface area contributed by atoms with Gasteiger partial charge in [-0.15, -0.1) is 0 Å². The lowest BCUT2D eigenvalue weighted by Crippen LogP contribution is -1.94. The van der Waals surface area contributed by atoms with Crippen LogP contribution in [0.4, 0.5) is 4.70 Å². The van der Waals surface area contributed by atoms with Crippen LogP contribution in [0.1, 0.15) is 33.6 Å². The van der Waals surface area contributed by atoms with E-state index >= 15 is 0 Å². The van der Waals surface area contributed by atoms with E-state index < -0.39 is 0 Å². The average Bonchev–Trinajstić information content (AvgIpc) is 2.85. The summed E-state index contributed by atoms with van der Waals surface area (Å²) in [5.74, 6) is 1.96. The molecule has 0 saturated heterocycles. The quantitative estimate of drug-likeness (QED) is 0.663. The minimum Gasteiger partial charge on any atom is -0.508 e. The van der Waals surface area contributed by atoms with Gasteiger partial charge in [-0.05, 0) is 36.8 Å². The van der Waals surface area contributed by atoms with Crippen LogP contribution in [0.2, 0.25) is 0 Å². The monoisotopic (exact) mass is 186 g/mol. The number of fused-ring (bicyclic) bond motifs is 1. The zero-order valence-corrected chi connectivity index (χ0v) is 8.58. The highest BCUT2D eigenvalue weighted by Crippen LogP contribution is 2.49. The molecule has 0 amide bonds. The first-order chi connectivity index (χ1) is 5.81. The number of hydrogen-bond donors (Lipinski definition) is 1. The van der Waals surface area contributed by atoms with Crippen LogP contribution in [0.5, 0.6) is 0 Å². The topological polar surface area (TPSA) is 20.2 Å². The summed E-state index contributed by atoms with van der Waals surface area (Å²) >= 11 is 0. The first-order valence-electron chi connectivity index (χ1n) is 4.92. The first-order valence-corrected chi connectivity index (χ1v) is 4.92. The Bertz CT molecular complexity index is 218. The molecule has 1 fully saturated rings. The van der Waals surface area contributed by atoms with E-state index in [1.807, 2.05) is 26.0 Å². The molecular weight excluding hydrogens is 167 g/mol. The van der Waals surface area contributed by atoms with Gasteiger partial charge >= 0.3 is 0 Å². The fourth-order valence-corrected chi connectivity index (χ4v) is 1.75. The second-order valence-corrected chi connectivity index (χ2v) is 3.17. The molecule has 13 heavy (non-hydrogen) atoms. The number of aliphatic hydroxyl groups excluding tert-OH is 1. The van der Waals surface area contributed by atoms with Crippen LogP contribution < -0.4 is 0 Å². The molecule has 0 aromatic rings. The van der Waals surface area contributed by atoms with Crippen molar-refractivity contribution in [1.29, 1.82) is 0 Å². The van der Waals surface area contributed by atoms with Crippen molar-refractivity contribution in [3.63, 3.8) is 0 Å². The molecule has 2 aliphatic rings. The molecule has 0 aromatic carbocycles. The van der Waals surface area contributed by atoms with Crippen molar-refractivity contribution in [2.45, 2.75) is 33.6 Å². The van der Waals surface area contributed by atoms with Crippen LogP contribution in [0.15, 0.2) is 23.5 Å². The van der Waals surface area contributed by atoms with Crippen molar-refractivity contribution in [3.05, 3.63) is 23.5 Å². The molecule has 0 heterocycles. The molecule has 0 aliphatic heterocycles. The molecule has 0 bridgehead atoms. The average molecular weight is 186 g/mol. The molecule has 76 valence electrons. The lowest BCUT2D eigenvalue weighted by atomic mass is 10.0. The van der Waals surface area contributed by atoms with Gasteiger partial charge in [0.15, 0.2) is 0 Å². The highest BCUT2D eigenvalue weighted by atomic mass is 19.0. The maximum Gasteiger partial charge on any atom is 0.111 e. The molecule has 2 unspecified atom stereocenters. The Balaban J connectivity index is 0.000000451. The van der Waals surface area contributed by atoms with Gasteiger partial charge in [0.25, 0.3) is 0 Å². The number of allylic oxidation sites excluding steroid dienone is 3. The van der Waals surface area contributed by atoms with E-state index in [1.54, 1.807) is 0 Å². The van der Waals surface area contributed by atoms with Crippen LogP contribution >= 0.6 is 0 Å². The van der Waals surface area contributed by atoms with Crippen LogP contribution in [-0.2, 0) is 0 Å². The number of hydrogen-bond acceptors (Lipinski definition) is 1. The van der Waals surface area contributed by atoms with Crippen molar-refractivity contribution < 1.29 is 9.81 Å². The van der Waals surface area contributed by atoms with Gasteiger partial charge in [-0.3, -0.25) is 4.70 Å². The van der Waals surface area contributed by atoms with Crippen LogP contribution in [0, 0.1) is 11.8 Å². The fraction of sp³-hybridized carbons (Fsp3) is 0.636. The second-order valence-electron chi connectivity index (χ2n) is 3.17. The molecule has 0 radical (unpaired) electrons. The molecule has 2 rings (SSSR count). The van der Waals surface area contributed by atoms with E-state index in [1.165, 1.54) is 12.0 Å². The molecule has 2 heteroatoms. The molecule has 0 spiro atoms. The third kappa shape index (κ3) is 2.58. The van der Waals surface area contributed by atoms with Crippen molar-refractivity contribution in [2.24, 2.45) is 11.8 Å². The molecule has 2 atom stereocenters. The van der Waals surface area contributed by atoms with E-state index in [-0.39, 0.29) is 4.70 Å². The Hall–Kier alpha value is -0.790. The molecule has 0 aromatic heterocycles. The van der Waals surface area contributed by atoms with Gasteiger partial charge in [0, 0.05) is 0 Å². The Labute approximate surface area is 79.5 Å². The summed E-state index contributed by atoms with van der Waals surface area (Å²) in [5, 5.41) is 9.19. The predicted octanol–water partition coefficient (Wildman–Crippen LogP) is 3.59. The van der Waals surface area contributed by atoms with Gasteiger partial charge in [0.1, 0.15) is 5.76 Å². The summed E-state index contributed by atoms with van der Waals surface area (Å²) in [6, 6.07) is 0. The SMILES string of the molecule is CC.CCC1=CC(O)=CC2CC12.F. The van der Waals surface area contributed by atoms with Crippen molar-refractivity contribution in [1.82, 2.24) is 0 Å². The van der Waals surface area contributed by atoms with Gasteiger partial charge in [-0.2, -0.15) is 0 Å². The standard InChI is InChI=1S/C9H12O.C2H6.FH/c1-2-6-3-8(10)4-7-5-9(6)7;1-2;/h3-4,7,9-10H,2,5H2,1H3;1-2H3;1H. The van der Waals surface area contributed by atoms with Gasteiger partial charge < -0.3 is 5.11 Å².